The van der Waals surface area contributed by atoms with Gasteiger partial charge < -0.3 is 10.0 Å². The van der Waals surface area contributed by atoms with Gasteiger partial charge in [-0.2, -0.15) is 13.2 Å². The zero-order valence-electron chi connectivity index (χ0n) is 14.6. The van der Waals surface area contributed by atoms with E-state index in [1.807, 2.05) is 0 Å². The van der Waals surface area contributed by atoms with Crippen molar-refractivity contribution in [1.29, 1.82) is 0 Å². The van der Waals surface area contributed by atoms with Crippen molar-refractivity contribution in [2.75, 3.05) is 13.1 Å². The van der Waals surface area contributed by atoms with Gasteiger partial charge >= 0.3 is 6.18 Å². The summed E-state index contributed by atoms with van der Waals surface area (Å²) in [6.45, 7) is 2.54. The first-order valence-corrected chi connectivity index (χ1v) is 8.48. The second-order valence-electron chi connectivity index (χ2n) is 6.51. The van der Waals surface area contributed by atoms with Gasteiger partial charge in [0.1, 0.15) is 6.33 Å². The van der Waals surface area contributed by atoms with Crippen molar-refractivity contribution < 1.29 is 23.1 Å². The number of benzene rings is 1. The third-order valence-corrected chi connectivity index (χ3v) is 4.32. The van der Waals surface area contributed by atoms with Crippen molar-refractivity contribution >= 4 is 12.1 Å². The molecule has 1 fully saturated rings. The summed E-state index contributed by atoms with van der Waals surface area (Å²) < 4.78 is 40.2. The Morgan fingerprint density at radius 2 is 1.96 bits per heavy atom. The number of nitrogens with zero attached hydrogens (tertiary/aromatic N) is 4. The molecular weight excluding hydrogens is 361 g/mol. The molecule has 2 aromatic rings. The van der Waals surface area contributed by atoms with Gasteiger partial charge in [0.25, 0.3) is 0 Å². The van der Waals surface area contributed by atoms with Crippen molar-refractivity contribution in [3.63, 3.8) is 0 Å². The van der Waals surface area contributed by atoms with Crippen LogP contribution in [0.25, 0.3) is 17.6 Å². The average molecular weight is 380 g/mol. The molecule has 3 rings (SSSR count). The Morgan fingerprint density at radius 3 is 2.63 bits per heavy atom. The molecule has 0 radical (unpaired) electrons. The van der Waals surface area contributed by atoms with Crippen LogP contribution in [0.2, 0.25) is 0 Å². The number of aliphatic hydroxyl groups is 1. The molecule has 0 unspecified atom stereocenters. The minimum atomic E-state index is -4.45. The number of aliphatic hydroxyl groups excluding tert-OH is 1. The highest BCUT2D eigenvalue weighted by atomic mass is 19.4. The molecule has 9 heteroatoms. The Labute approximate surface area is 153 Å². The summed E-state index contributed by atoms with van der Waals surface area (Å²) in [5.41, 5.74) is -0.0492. The van der Waals surface area contributed by atoms with Crippen LogP contribution < -0.4 is 0 Å². The maximum absolute atomic E-state index is 13.0. The van der Waals surface area contributed by atoms with E-state index in [2.05, 4.69) is 10.1 Å². The third-order valence-electron chi connectivity index (χ3n) is 4.32. The number of rotatable bonds is 3. The van der Waals surface area contributed by atoms with Gasteiger partial charge in [0.15, 0.2) is 5.82 Å². The molecule has 1 aromatic heterocycles. The zero-order chi connectivity index (χ0) is 19.6. The van der Waals surface area contributed by atoms with E-state index in [-0.39, 0.29) is 23.4 Å². The van der Waals surface area contributed by atoms with Crippen LogP contribution in [0.3, 0.4) is 0 Å². The van der Waals surface area contributed by atoms with Crippen LogP contribution >= 0.6 is 0 Å². The van der Waals surface area contributed by atoms with E-state index in [1.165, 1.54) is 23.3 Å². The fourth-order valence-electron chi connectivity index (χ4n) is 2.89. The van der Waals surface area contributed by atoms with Gasteiger partial charge in [-0.1, -0.05) is 0 Å². The molecule has 0 aliphatic carbocycles. The number of hydrogen-bond donors (Lipinski definition) is 1. The number of amides is 1. The summed E-state index contributed by atoms with van der Waals surface area (Å²) in [5.74, 6) is -0.0729. The number of carbonyl (C=O) groups is 1. The van der Waals surface area contributed by atoms with Crippen molar-refractivity contribution in [2.45, 2.75) is 32.0 Å². The Morgan fingerprint density at radius 1 is 1.26 bits per heavy atom. The average Bonchev–Trinajstić information content (AvgIpc) is 3.08. The molecule has 6 nitrogen and oxygen atoms in total. The Balaban J connectivity index is 1.73. The molecular formula is C18H19F3N4O2. The molecule has 1 aromatic carbocycles. The summed E-state index contributed by atoms with van der Waals surface area (Å²) in [4.78, 5) is 17.8. The number of aryl methyl sites for hydroxylation is 1. The lowest BCUT2D eigenvalue weighted by atomic mass is 10.1. The van der Waals surface area contributed by atoms with Gasteiger partial charge in [0, 0.05) is 30.9 Å². The SMILES string of the molecule is Cc1cc(-c2ncn(/C=C\C(=O)N3CCC(O)CC3)n2)cc(C(F)(F)F)c1. The highest BCUT2D eigenvalue weighted by Crippen LogP contribution is 2.32. The molecule has 1 amide bonds. The second-order valence-corrected chi connectivity index (χ2v) is 6.51. The molecule has 27 heavy (non-hydrogen) atoms. The lowest BCUT2D eigenvalue weighted by Gasteiger charge is -2.28. The standard InChI is InChI=1S/C18H19F3N4O2/c1-12-8-13(10-14(9-12)18(19,20)21)17-22-11-25(23-17)7-4-16(27)24-5-2-15(26)3-6-24/h4,7-11,15,26H,2-3,5-6H2,1H3/b7-4-. The quantitative estimate of drug-likeness (QED) is 0.832. The second kappa shape index (κ2) is 7.51. The van der Waals surface area contributed by atoms with E-state index in [0.717, 1.165) is 12.1 Å². The smallest absolute Gasteiger partial charge is 0.393 e. The number of alkyl halides is 3. The van der Waals surface area contributed by atoms with Crippen LogP contribution in [0.5, 0.6) is 0 Å². The first-order chi connectivity index (χ1) is 12.7. The van der Waals surface area contributed by atoms with E-state index in [0.29, 0.717) is 31.5 Å². The van der Waals surface area contributed by atoms with Crippen LogP contribution in [-0.2, 0) is 11.0 Å². The number of piperidine rings is 1. The summed E-state index contributed by atoms with van der Waals surface area (Å²) >= 11 is 0. The minimum absolute atomic E-state index is 0.141. The van der Waals surface area contributed by atoms with E-state index in [1.54, 1.807) is 17.9 Å². The minimum Gasteiger partial charge on any atom is -0.393 e. The molecule has 1 N–H and O–H groups in total. The van der Waals surface area contributed by atoms with Crippen molar-refractivity contribution in [3.05, 3.63) is 41.7 Å². The summed E-state index contributed by atoms with van der Waals surface area (Å²) in [6.07, 6.45) is 0.334. The van der Waals surface area contributed by atoms with Gasteiger partial charge in [-0.25, -0.2) is 9.67 Å². The zero-order valence-corrected chi connectivity index (χ0v) is 14.6. The Bertz CT molecular complexity index is 853. The van der Waals surface area contributed by atoms with Gasteiger partial charge in [-0.15, -0.1) is 5.10 Å². The molecule has 0 spiro atoms. The molecule has 1 aliphatic rings. The number of carbonyl (C=O) groups excluding carboxylic acids is 1. The van der Waals surface area contributed by atoms with Crippen LogP contribution in [0, 0.1) is 6.92 Å². The topological polar surface area (TPSA) is 71.2 Å². The molecule has 1 aliphatic heterocycles. The number of likely N-dealkylation sites (tertiary alicyclic amines) is 1. The molecule has 1 saturated heterocycles. The Hall–Kier alpha value is -2.68. The van der Waals surface area contributed by atoms with Gasteiger partial charge in [-0.05, 0) is 43.5 Å². The van der Waals surface area contributed by atoms with E-state index < -0.39 is 11.7 Å². The van der Waals surface area contributed by atoms with Gasteiger partial charge in [-0.3, -0.25) is 4.79 Å². The molecule has 0 atom stereocenters. The van der Waals surface area contributed by atoms with Gasteiger partial charge in [0.2, 0.25) is 5.91 Å². The third kappa shape index (κ3) is 4.73. The monoisotopic (exact) mass is 380 g/mol. The normalized spacial score (nSPS) is 16.3. The lowest BCUT2D eigenvalue weighted by Crippen LogP contribution is -2.39. The molecule has 2 heterocycles. The van der Waals surface area contributed by atoms with E-state index in [9.17, 15) is 23.1 Å². The number of aromatic nitrogens is 3. The first kappa shape index (κ1) is 19.1. The summed E-state index contributed by atoms with van der Waals surface area (Å²) in [6, 6.07) is 3.64. The fraction of sp³-hybridized carbons (Fsp3) is 0.389. The number of hydrogen-bond acceptors (Lipinski definition) is 4. The number of halogens is 3. The fourth-order valence-corrected chi connectivity index (χ4v) is 2.89. The lowest BCUT2D eigenvalue weighted by molar-refractivity contribution is -0.137. The summed E-state index contributed by atoms with van der Waals surface area (Å²) in [7, 11) is 0. The van der Waals surface area contributed by atoms with Gasteiger partial charge in [0.05, 0.1) is 11.7 Å². The van der Waals surface area contributed by atoms with E-state index >= 15 is 0 Å². The first-order valence-electron chi connectivity index (χ1n) is 8.48. The predicted octanol–water partition coefficient (Wildman–Crippen LogP) is 2.73. The highest BCUT2D eigenvalue weighted by Gasteiger charge is 2.31. The molecule has 0 saturated carbocycles. The highest BCUT2D eigenvalue weighted by molar-refractivity contribution is 5.90. The van der Waals surface area contributed by atoms with Crippen LogP contribution in [0.1, 0.15) is 24.0 Å². The maximum atomic E-state index is 13.0. The van der Waals surface area contributed by atoms with Crippen LogP contribution in [-0.4, -0.2) is 49.9 Å². The van der Waals surface area contributed by atoms with Crippen LogP contribution in [0.15, 0.2) is 30.6 Å². The van der Waals surface area contributed by atoms with Crippen LogP contribution in [0.4, 0.5) is 13.2 Å². The predicted molar refractivity (Wildman–Crippen MR) is 92.3 cm³/mol. The summed E-state index contributed by atoms with van der Waals surface area (Å²) in [5, 5.41) is 13.6. The largest absolute Gasteiger partial charge is 0.416 e. The van der Waals surface area contributed by atoms with Crippen molar-refractivity contribution in [3.8, 4) is 11.4 Å². The molecule has 144 valence electrons. The van der Waals surface area contributed by atoms with E-state index in [4.69, 9.17) is 0 Å². The molecule has 0 bridgehead atoms. The van der Waals surface area contributed by atoms with Crippen molar-refractivity contribution in [1.82, 2.24) is 19.7 Å². The Kier molecular flexibility index (Phi) is 5.31. The maximum Gasteiger partial charge on any atom is 0.416 e. The van der Waals surface area contributed by atoms with Crippen molar-refractivity contribution in [2.24, 2.45) is 0 Å².